The van der Waals surface area contributed by atoms with Crippen molar-refractivity contribution in [2.75, 3.05) is 13.7 Å². The third-order valence-corrected chi connectivity index (χ3v) is 8.24. The maximum atomic E-state index is 14.1. The van der Waals surface area contributed by atoms with Gasteiger partial charge in [0.15, 0.2) is 11.5 Å². The van der Waals surface area contributed by atoms with Gasteiger partial charge < -0.3 is 14.2 Å². The van der Waals surface area contributed by atoms with Crippen LogP contribution in [0.2, 0.25) is 0 Å². The maximum Gasteiger partial charge on any atom is 0.314 e. The number of rotatable bonds is 6. The number of hydrogen-bond donors (Lipinski definition) is 0. The van der Waals surface area contributed by atoms with Crippen LogP contribution in [-0.4, -0.2) is 25.8 Å². The van der Waals surface area contributed by atoms with E-state index in [1.807, 2.05) is 0 Å². The highest BCUT2D eigenvalue weighted by molar-refractivity contribution is 5.75. The molecule has 6 heteroatoms. The summed E-state index contributed by atoms with van der Waals surface area (Å²) in [6, 6.07) is 2.50. The number of hydrogen-bond acceptors (Lipinski definition) is 4. The molecule has 4 nitrogen and oxygen atoms in total. The van der Waals surface area contributed by atoms with Gasteiger partial charge in [-0.25, -0.2) is 0 Å². The molecule has 1 aromatic carbocycles. The lowest BCUT2D eigenvalue weighted by Crippen LogP contribution is -2.37. The minimum absolute atomic E-state index is 0.214. The Labute approximate surface area is 195 Å². The molecule has 0 spiro atoms. The first kappa shape index (κ1) is 24.2. The highest BCUT2D eigenvalue weighted by Crippen LogP contribution is 2.41. The van der Waals surface area contributed by atoms with Gasteiger partial charge in [-0.15, -0.1) is 6.58 Å². The molecule has 33 heavy (non-hydrogen) atoms. The second-order valence-electron chi connectivity index (χ2n) is 10.0. The highest BCUT2D eigenvalue weighted by atomic mass is 19.2. The maximum absolute atomic E-state index is 14.1. The second kappa shape index (κ2) is 11.0. The van der Waals surface area contributed by atoms with Crippen molar-refractivity contribution in [3.63, 3.8) is 0 Å². The summed E-state index contributed by atoms with van der Waals surface area (Å²) in [6.07, 6.45) is 13.1. The van der Waals surface area contributed by atoms with E-state index < -0.39 is 17.6 Å². The molecule has 1 heterocycles. The van der Waals surface area contributed by atoms with Gasteiger partial charge in [0.25, 0.3) is 0 Å². The molecular weight excluding hydrogens is 426 g/mol. The van der Waals surface area contributed by atoms with E-state index in [1.165, 1.54) is 51.3 Å². The summed E-state index contributed by atoms with van der Waals surface area (Å²) in [5, 5.41) is 0. The minimum Gasteiger partial charge on any atom is -0.494 e. The smallest absolute Gasteiger partial charge is 0.314 e. The first-order valence-electron chi connectivity index (χ1n) is 12.5. The molecule has 2 saturated carbocycles. The van der Waals surface area contributed by atoms with Gasteiger partial charge in [-0.1, -0.05) is 6.08 Å². The fraction of sp³-hybridized carbons (Fsp3) is 0.667. The Morgan fingerprint density at radius 3 is 2.12 bits per heavy atom. The lowest BCUT2D eigenvalue weighted by molar-refractivity contribution is -0.141. The van der Waals surface area contributed by atoms with Crippen LogP contribution < -0.4 is 9.47 Å². The van der Waals surface area contributed by atoms with E-state index in [2.05, 4.69) is 12.7 Å². The van der Waals surface area contributed by atoms with Crippen LogP contribution in [0.4, 0.5) is 8.78 Å². The van der Waals surface area contributed by atoms with E-state index in [0.717, 1.165) is 38.7 Å². The molecule has 1 aliphatic heterocycles. The Hall–Kier alpha value is -1.95. The molecule has 1 saturated heterocycles. The van der Waals surface area contributed by atoms with Gasteiger partial charge in [-0.05, 0) is 100 Å². The van der Waals surface area contributed by atoms with Crippen molar-refractivity contribution in [3.05, 3.63) is 36.4 Å². The van der Waals surface area contributed by atoms with Crippen LogP contribution in [0.1, 0.15) is 64.2 Å². The number of ether oxygens (including phenoxy) is 3. The molecule has 0 bridgehead atoms. The molecule has 182 valence electrons. The second-order valence-corrected chi connectivity index (χ2v) is 10.0. The average Bonchev–Trinajstić information content (AvgIpc) is 2.87. The number of allylic oxidation sites excluding steroid dienone is 1. The Kier molecular flexibility index (Phi) is 8.05. The van der Waals surface area contributed by atoms with Crippen LogP contribution in [0.5, 0.6) is 11.5 Å². The van der Waals surface area contributed by atoms with Crippen molar-refractivity contribution in [3.8, 4) is 11.5 Å². The lowest BCUT2D eigenvalue weighted by Gasteiger charge is -2.41. The summed E-state index contributed by atoms with van der Waals surface area (Å²) in [5.41, 5.74) is 0. The van der Waals surface area contributed by atoms with E-state index in [9.17, 15) is 13.6 Å². The van der Waals surface area contributed by atoms with Gasteiger partial charge in [0.2, 0.25) is 11.6 Å². The lowest BCUT2D eigenvalue weighted by atomic mass is 9.72. The first-order valence-corrected chi connectivity index (χ1v) is 12.5. The quantitative estimate of drug-likeness (QED) is 0.276. The third kappa shape index (κ3) is 5.59. The van der Waals surface area contributed by atoms with Crippen molar-refractivity contribution in [1.29, 1.82) is 0 Å². The Balaban J connectivity index is 1.21. The highest BCUT2D eigenvalue weighted by Gasteiger charge is 2.36. The molecule has 3 aliphatic rings. The largest absolute Gasteiger partial charge is 0.494 e. The zero-order chi connectivity index (χ0) is 23.4. The van der Waals surface area contributed by atoms with Gasteiger partial charge in [0.05, 0.1) is 25.7 Å². The number of carbonyl (C=O) groups is 1. The van der Waals surface area contributed by atoms with Gasteiger partial charge in [-0.3, -0.25) is 4.79 Å². The van der Waals surface area contributed by atoms with Crippen molar-refractivity contribution >= 4 is 5.97 Å². The summed E-state index contributed by atoms with van der Waals surface area (Å²) in [5.74, 6) is -1.20. The molecule has 0 radical (unpaired) electrons. The van der Waals surface area contributed by atoms with Crippen molar-refractivity contribution < 1.29 is 27.8 Å². The number of halogens is 2. The van der Waals surface area contributed by atoms with Crippen LogP contribution >= 0.6 is 0 Å². The normalized spacial score (nSPS) is 32.7. The van der Waals surface area contributed by atoms with Gasteiger partial charge >= 0.3 is 5.97 Å². The van der Waals surface area contributed by atoms with Gasteiger partial charge in [0.1, 0.15) is 0 Å². The topological polar surface area (TPSA) is 44.8 Å². The minimum atomic E-state index is -1.19. The zero-order valence-corrected chi connectivity index (χ0v) is 19.6. The number of carbonyl (C=O) groups excluding carboxylic acids is 1. The zero-order valence-electron chi connectivity index (χ0n) is 19.6. The SMILES string of the molecule is C=CC1CCC(C2CCC(C3CCC(C(=O)Oc4ccc(OC)c(F)c4F)CC3)CO2)CC1. The molecule has 2 unspecified atom stereocenters. The molecule has 1 aromatic rings. The fourth-order valence-corrected chi connectivity index (χ4v) is 6.06. The Bertz CT molecular complexity index is 818. The Morgan fingerprint density at radius 1 is 0.909 bits per heavy atom. The number of benzene rings is 1. The molecule has 0 aromatic heterocycles. The standard InChI is InChI=1S/C27H36F2O4/c1-3-17-4-6-19(7-5-17)22-13-12-21(16-32-22)18-8-10-20(11-9-18)27(30)33-24-15-14-23(31-2)25(28)26(24)29/h3,14-15,17-22H,1,4-13,16H2,2H3. The summed E-state index contributed by atoms with van der Waals surface area (Å²) in [7, 11) is 1.26. The van der Waals surface area contributed by atoms with E-state index >= 15 is 0 Å². The molecule has 2 atom stereocenters. The van der Waals surface area contributed by atoms with Crippen LogP contribution in [-0.2, 0) is 9.53 Å². The van der Waals surface area contributed by atoms with Crippen LogP contribution in [0.15, 0.2) is 24.8 Å². The van der Waals surface area contributed by atoms with E-state index in [4.69, 9.17) is 14.2 Å². The molecule has 0 N–H and O–H groups in total. The number of methoxy groups -OCH3 is 1. The molecule has 2 aliphatic carbocycles. The van der Waals surface area contributed by atoms with E-state index in [1.54, 1.807) is 0 Å². The third-order valence-electron chi connectivity index (χ3n) is 8.24. The van der Waals surface area contributed by atoms with Crippen LogP contribution in [0.3, 0.4) is 0 Å². The summed E-state index contributed by atoms with van der Waals surface area (Å²) < 4.78 is 44.3. The predicted octanol–water partition coefficient (Wildman–Crippen LogP) is 6.47. The number of esters is 1. The van der Waals surface area contributed by atoms with Crippen molar-refractivity contribution in [1.82, 2.24) is 0 Å². The molecular formula is C27H36F2O4. The molecule has 3 fully saturated rings. The van der Waals surface area contributed by atoms with E-state index in [0.29, 0.717) is 29.8 Å². The summed E-state index contributed by atoms with van der Waals surface area (Å²) in [4.78, 5) is 12.6. The molecule has 0 amide bonds. The Morgan fingerprint density at radius 2 is 1.52 bits per heavy atom. The van der Waals surface area contributed by atoms with E-state index in [-0.39, 0.29) is 17.4 Å². The van der Waals surface area contributed by atoms with Gasteiger partial charge in [-0.2, -0.15) is 8.78 Å². The van der Waals surface area contributed by atoms with Crippen LogP contribution in [0, 0.1) is 41.2 Å². The fourth-order valence-electron chi connectivity index (χ4n) is 6.06. The van der Waals surface area contributed by atoms with Gasteiger partial charge in [0, 0.05) is 0 Å². The molecule has 4 rings (SSSR count). The van der Waals surface area contributed by atoms with Crippen molar-refractivity contribution in [2.45, 2.75) is 70.3 Å². The van der Waals surface area contributed by atoms with Crippen LogP contribution in [0.25, 0.3) is 0 Å². The summed E-state index contributed by atoms with van der Waals surface area (Å²) in [6.45, 7) is 4.76. The summed E-state index contributed by atoms with van der Waals surface area (Å²) >= 11 is 0. The average molecular weight is 463 g/mol. The predicted molar refractivity (Wildman–Crippen MR) is 122 cm³/mol. The van der Waals surface area contributed by atoms with Crippen molar-refractivity contribution in [2.24, 2.45) is 29.6 Å². The monoisotopic (exact) mass is 462 g/mol. The first-order chi connectivity index (χ1) is 16.0.